The maximum atomic E-state index is 13.1. The highest BCUT2D eigenvalue weighted by Crippen LogP contribution is 2.29. The van der Waals surface area contributed by atoms with E-state index in [1.807, 2.05) is 11.8 Å². The molecule has 1 heterocycles. The van der Waals surface area contributed by atoms with E-state index in [1.54, 1.807) is 19.2 Å². The number of benzene rings is 1. The molecule has 1 aliphatic rings. The molecule has 0 spiro atoms. The van der Waals surface area contributed by atoms with Crippen molar-refractivity contribution in [2.24, 2.45) is 0 Å². The van der Waals surface area contributed by atoms with Gasteiger partial charge in [0.05, 0.1) is 18.7 Å². The first-order chi connectivity index (χ1) is 10.1. The summed E-state index contributed by atoms with van der Waals surface area (Å²) in [6, 6.07) is 6.08. The number of hydrogen-bond donors (Lipinski definition) is 1. The largest absolute Gasteiger partial charge is 0.383 e. The predicted octanol–water partition coefficient (Wildman–Crippen LogP) is 2.46. The summed E-state index contributed by atoms with van der Waals surface area (Å²) in [6.45, 7) is 4.50. The molecule has 1 aliphatic heterocycles. The molecule has 1 amide bonds. The van der Waals surface area contributed by atoms with Gasteiger partial charge in [-0.2, -0.15) is 0 Å². The molecule has 1 aromatic carbocycles. The van der Waals surface area contributed by atoms with Crippen LogP contribution < -0.4 is 5.32 Å². The molecule has 1 aromatic rings. The fraction of sp³-hybridized carbons (Fsp3) is 0.562. The minimum atomic E-state index is -0.273. The number of nitrogens with one attached hydrogen (secondary N) is 1. The molecule has 21 heavy (non-hydrogen) atoms. The molecule has 1 saturated heterocycles. The molecular formula is C16H23FN2O2. The molecule has 2 rings (SSSR count). The van der Waals surface area contributed by atoms with Crippen LogP contribution in [0.25, 0.3) is 0 Å². The first-order valence-corrected chi connectivity index (χ1v) is 7.41. The number of carbonyl (C=O) groups is 1. The number of ether oxygens (including phenoxy) is 1. The molecule has 1 N–H and O–H groups in total. The molecule has 0 aromatic heterocycles. The quantitative estimate of drug-likeness (QED) is 0.876. The van der Waals surface area contributed by atoms with Gasteiger partial charge in [0.2, 0.25) is 5.91 Å². The Morgan fingerprint density at radius 2 is 2.05 bits per heavy atom. The van der Waals surface area contributed by atoms with Crippen LogP contribution in [0.15, 0.2) is 24.3 Å². The number of nitrogens with zero attached hydrogens (tertiary/aromatic N) is 1. The summed E-state index contributed by atoms with van der Waals surface area (Å²) in [5.41, 5.74) is 0.895. The van der Waals surface area contributed by atoms with Crippen molar-refractivity contribution in [2.45, 2.75) is 44.9 Å². The first kappa shape index (κ1) is 15.9. The Bertz CT molecular complexity index is 478. The summed E-state index contributed by atoms with van der Waals surface area (Å²) in [4.78, 5) is 14.4. The van der Waals surface area contributed by atoms with Crippen molar-refractivity contribution in [3.8, 4) is 0 Å². The SMILES string of the molecule is CCCC1NC(c2ccc(F)cc2)N(C(C)COC)C1=O. The van der Waals surface area contributed by atoms with Gasteiger partial charge in [-0.25, -0.2) is 4.39 Å². The average Bonchev–Trinajstić information content (AvgIpc) is 2.78. The van der Waals surface area contributed by atoms with E-state index in [2.05, 4.69) is 12.2 Å². The van der Waals surface area contributed by atoms with Crippen molar-refractivity contribution < 1.29 is 13.9 Å². The second-order valence-electron chi connectivity index (χ2n) is 5.51. The summed E-state index contributed by atoms with van der Waals surface area (Å²) < 4.78 is 18.3. The van der Waals surface area contributed by atoms with Crippen LogP contribution in [-0.4, -0.2) is 36.6 Å². The third-order valence-electron chi connectivity index (χ3n) is 3.84. The van der Waals surface area contributed by atoms with Gasteiger partial charge < -0.3 is 9.64 Å². The zero-order valence-corrected chi connectivity index (χ0v) is 12.8. The fourth-order valence-corrected chi connectivity index (χ4v) is 2.84. The predicted molar refractivity (Wildman–Crippen MR) is 79.2 cm³/mol. The lowest BCUT2D eigenvalue weighted by Crippen LogP contribution is -2.40. The summed E-state index contributed by atoms with van der Waals surface area (Å²) in [5.74, 6) is -0.180. The number of rotatable bonds is 6. The summed E-state index contributed by atoms with van der Waals surface area (Å²) in [7, 11) is 1.63. The number of methoxy groups -OCH3 is 1. The van der Waals surface area contributed by atoms with Gasteiger partial charge in [-0.15, -0.1) is 0 Å². The third-order valence-corrected chi connectivity index (χ3v) is 3.84. The van der Waals surface area contributed by atoms with Crippen LogP contribution in [0.3, 0.4) is 0 Å². The first-order valence-electron chi connectivity index (χ1n) is 7.41. The zero-order chi connectivity index (χ0) is 15.4. The Hall–Kier alpha value is -1.46. The Kier molecular flexibility index (Phi) is 5.31. The number of carbonyl (C=O) groups excluding carboxylic acids is 1. The molecular weight excluding hydrogens is 271 g/mol. The maximum Gasteiger partial charge on any atom is 0.241 e. The lowest BCUT2D eigenvalue weighted by molar-refractivity contribution is -0.133. The monoisotopic (exact) mass is 294 g/mol. The molecule has 0 radical (unpaired) electrons. The Balaban J connectivity index is 2.26. The number of amides is 1. The lowest BCUT2D eigenvalue weighted by Gasteiger charge is -2.30. The minimum absolute atomic E-state index is 0.0353. The molecule has 0 saturated carbocycles. The molecule has 0 bridgehead atoms. The topological polar surface area (TPSA) is 41.6 Å². The van der Waals surface area contributed by atoms with Crippen LogP contribution in [0.5, 0.6) is 0 Å². The Labute approximate surface area is 125 Å². The number of halogens is 1. The van der Waals surface area contributed by atoms with Crippen molar-refractivity contribution >= 4 is 5.91 Å². The molecule has 3 atom stereocenters. The third kappa shape index (κ3) is 3.41. The summed E-state index contributed by atoms with van der Waals surface area (Å²) in [6.07, 6.45) is 1.51. The normalized spacial score (nSPS) is 23.6. The average molecular weight is 294 g/mol. The highest BCUT2D eigenvalue weighted by atomic mass is 19.1. The van der Waals surface area contributed by atoms with Crippen molar-refractivity contribution in [1.82, 2.24) is 10.2 Å². The van der Waals surface area contributed by atoms with E-state index in [0.717, 1.165) is 18.4 Å². The van der Waals surface area contributed by atoms with E-state index in [1.165, 1.54) is 12.1 Å². The highest BCUT2D eigenvalue weighted by molar-refractivity contribution is 5.84. The van der Waals surface area contributed by atoms with Crippen molar-refractivity contribution in [3.05, 3.63) is 35.6 Å². The van der Waals surface area contributed by atoms with Crippen LogP contribution in [0.1, 0.15) is 38.4 Å². The van der Waals surface area contributed by atoms with Gasteiger partial charge in [-0.3, -0.25) is 10.1 Å². The summed E-state index contributed by atoms with van der Waals surface area (Å²) >= 11 is 0. The molecule has 1 fully saturated rings. The van der Waals surface area contributed by atoms with Crippen LogP contribution in [0.2, 0.25) is 0 Å². The van der Waals surface area contributed by atoms with Gasteiger partial charge in [0.1, 0.15) is 12.0 Å². The molecule has 116 valence electrons. The second-order valence-corrected chi connectivity index (χ2v) is 5.51. The van der Waals surface area contributed by atoms with Gasteiger partial charge in [0.15, 0.2) is 0 Å². The fourth-order valence-electron chi connectivity index (χ4n) is 2.84. The van der Waals surface area contributed by atoms with Gasteiger partial charge in [0.25, 0.3) is 0 Å². The number of hydrogen-bond acceptors (Lipinski definition) is 3. The van der Waals surface area contributed by atoms with Crippen LogP contribution in [-0.2, 0) is 9.53 Å². The van der Waals surface area contributed by atoms with E-state index in [0.29, 0.717) is 6.61 Å². The lowest BCUT2D eigenvalue weighted by atomic mass is 10.1. The molecule has 4 nitrogen and oxygen atoms in total. The van der Waals surface area contributed by atoms with E-state index >= 15 is 0 Å². The van der Waals surface area contributed by atoms with E-state index in [9.17, 15) is 9.18 Å². The molecule has 0 aliphatic carbocycles. The van der Waals surface area contributed by atoms with Gasteiger partial charge in [-0.05, 0) is 31.0 Å². The van der Waals surface area contributed by atoms with E-state index < -0.39 is 0 Å². The van der Waals surface area contributed by atoms with Gasteiger partial charge in [-0.1, -0.05) is 25.5 Å². The van der Waals surface area contributed by atoms with E-state index in [-0.39, 0.29) is 30.0 Å². The van der Waals surface area contributed by atoms with Gasteiger partial charge >= 0.3 is 0 Å². The molecule has 5 heteroatoms. The van der Waals surface area contributed by atoms with Crippen molar-refractivity contribution in [1.29, 1.82) is 0 Å². The second kappa shape index (κ2) is 7.00. The minimum Gasteiger partial charge on any atom is -0.383 e. The Morgan fingerprint density at radius 3 is 2.62 bits per heavy atom. The van der Waals surface area contributed by atoms with Crippen molar-refractivity contribution in [3.63, 3.8) is 0 Å². The smallest absolute Gasteiger partial charge is 0.241 e. The van der Waals surface area contributed by atoms with Crippen LogP contribution in [0.4, 0.5) is 4.39 Å². The van der Waals surface area contributed by atoms with Crippen molar-refractivity contribution in [2.75, 3.05) is 13.7 Å². The summed E-state index contributed by atoms with van der Waals surface area (Å²) in [5, 5.41) is 3.37. The zero-order valence-electron chi connectivity index (χ0n) is 12.8. The van der Waals surface area contributed by atoms with E-state index in [4.69, 9.17) is 4.74 Å². The maximum absolute atomic E-state index is 13.1. The van der Waals surface area contributed by atoms with Crippen LogP contribution >= 0.6 is 0 Å². The van der Waals surface area contributed by atoms with Crippen LogP contribution in [0, 0.1) is 5.82 Å². The highest BCUT2D eigenvalue weighted by Gasteiger charge is 2.41. The Morgan fingerprint density at radius 1 is 1.38 bits per heavy atom. The van der Waals surface area contributed by atoms with Gasteiger partial charge in [0, 0.05) is 7.11 Å². The standard InChI is InChI=1S/C16H23FN2O2/c1-4-5-14-16(20)19(11(2)10-21-3)15(18-14)12-6-8-13(17)9-7-12/h6-9,11,14-15,18H,4-5,10H2,1-3H3. The molecule has 3 unspecified atom stereocenters.